The van der Waals surface area contributed by atoms with Crippen LogP contribution >= 0.6 is 0 Å². The monoisotopic (exact) mass is 291 g/mol. The van der Waals surface area contributed by atoms with Crippen LogP contribution in [0.3, 0.4) is 0 Å². The first-order valence-electron chi connectivity index (χ1n) is 6.40. The molecule has 0 bridgehead atoms. The fourth-order valence-electron chi connectivity index (χ4n) is 2.37. The molecule has 1 aliphatic heterocycles. The summed E-state index contributed by atoms with van der Waals surface area (Å²) in [5.41, 5.74) is 0.223. The quantitative estimate of drug-likeness (QED) is 0.870. The molecule has 6 nitrogen and oxygen atoms in total. The summed E-state index contributed by atoms with van der Waals surface area (Å²) in [7, 11) is 0. The number of urea groups is 1. The maximum absolute atomic E-state index is 13.0. The van der Waals surface area contributed by atoms with Gasteiger partial charge in [0.15, 0.2) is 0 Å². The summed E-state index contributed by atoms with van der Waals surface area (Å²) in [6.07, 6.45) is 0. The van der Waals surface area contributed by atoms with Crippen molar-refractivity contribution in [2.45, 2.75) is 6.92 Å². The molecule has 1 heterocycles. The van der Waals surface area contributed by atoms with Crippen molar-refractivity contribution in [3.8, 4) is 6.07 Å². The molecule has 0 aromatic heterocycles. The van der Waals surface area contributed by atoms with E-state index >= 15 is 0 Å². The number of halogens is 1. The minimum Gasteiger partial charge on any atom is -0.481 e. The summed E-state index contributed by atoms with van der Waals surface area (Å²) in [5.74, 6) is -2.24. The van der Waals surface area contributed by atoms with Crippen LogP contribution < -0.4 is 5.32 Å². The highest BCUT2D eigenvalue weighted by atomic mass is 19.1. The number of amides is 2. The predicted octanol–water partition coefficient (Wildman–Crippen LogP) is 1.88. The lowest BCUT2D eigenvalue weighted by Crippen LogP contribution is -2.34. The lowest BCUT2D eigenvalue weighted by atomic mass is 9.99. The normalized spacial score (nSPS) is 20.9. The molecule has 2 rings (SSSR count). The Balaban J connectivity index is 2.10. The molecular weight excluding hydrogens is 277 g/mol. The molecule has 2 N–H and O–H groups in total. The Labute approximate surface area is 120 Å². The molecule has 1 saturated heterocycles. The maximum atomic E-state index is 13.0. The molecule has 21 heavy (non-hydrogen) atoms. The largest absolute Gasteiger partial charge is 0.481 e. The topological polar surface area (TPSA) is 93.4 Å². The molecule has 2 unspecified atom stereocenters. The number of likely N-dealkylation sites (tertiary alicyclic amines) is 1. The van der Waals surface area contributed by atoms with E-state index in [1.807, 2.05) is 0 Å². The molecule has 0 saturated carbocycles. The van der Waals surface area contributed by atoms with Gasteiger partial charge in [-0.2, -0.15) is 5.26 Å². The summed E-state index contributed by atoms with van der Waals surface area (Å²) in [6, 6.07) is 4.79. The van der Waals surface area contributed by atoms with E-state index in [2.05, 4.69) is 5.32 Å². The Hall–Kier alpha value is -2.62. The van der Waals surface area contributed by atoms with Crippen LogP contribution in [-0.2, 0) is 4.79 Å². The molecule has 2 amide bonds. The minimum atomic E-state index is -0.933. The average Bonchev–Trinajstić information content (AvgIpc) is 2.83. The summed E-state index contributed by atoms with van der Waals surface area (Å²) in [4.78, 5) is 24.5. The number of anilines is 1. The van der Waals surface area contributed by atoms with E-state index in [0.717, 1.165) is 12.1 Å². The van der Waals surface area contributed by atoms with Crippen molar-refractivity contribution in [1.82, 2.24) is 4.90 Å². The van der Waals surface area contributed by atoms with Crippen molar-refractivity contribution in [1.29, 1.82) is 5.26 Å². The zero-order valence-corrected chi connectivity index (χ0v) is 11.3. The SMILES string of the molecule is CC1CN(C(=O)Nc2ccc(F)cc2C#N)CC1C(=O)O. The highest BCUT2D eigenvalue weighted by molar-refractivity contribution is 5.91. The van der Waals surface area contributed by atoms with Crippen molar-refractivity contribution in [2.75, 3.05) is 18.4 Å². The Morgan fingerprint density at radius 3 is 2.76 bits per heavy atom. The van der Waals surface area contributed by atoms with Gasteiger partial charge in [-0.05, 0) is 24.1 Å². The van der Waals surface area contributed by atoms with E-state index in [0.29, 0.717) is 6.54 Å². The third-order valence-electron chi connectivity index (χ3n) is 3.56. The van der Waals surface area contributed by atoms with Gasteiger partial charge in [0.05, 0.1) is 17.2 Å². The molecule has 0 radical (unpaired) electrons. The molecule has 0 aliphatic carbocycles. The second-order valence-electron chi connectivity index (χ2n) is 5.06. The number of carboxylic acids is 1. The van der Waals surface area contributed by atoms with Crippen molar-refractivity contribution in [3.63, 3.8) is 0 Å². The van der Waals surface area contributed by atoms with Gasteiger partial charge in [0, 0.05) is 13.1 Å². The second kappa shape index (κ2) is 5.79. The number of rotatable bonds is 2. The van der Waals surface area contributed by atoms with Gasteiger partial charge in [0.1, 0.15) is 11.9 Å². The Kier molecular flexibility index (Phi) is 4.08. The van der Waals surface area contributed by atoms with Gasteiger partial charge in [0.25, 0.3) is 0 Å². The Morgan fingerprint density at radius 1 is 1.48 bits per heavy atom. The maximum Gasteiger partial charge on any atom is 0.321 e. The number of carbonyl (C=O) groups is 2. The summed E-state index contributed by atoms with van der Waals surface area (Å²) in [5, 5.41) is 20.5. The summed E-state index contributed by atoms with van der Waals surface area (Å²) >= 11 is 0. The average molecular weight is 291 g/mol. The third-order valence-corrected chi connectivity index (χ3v) is 3.56. The van der Waals surface area contributed by atoms with Gasteiger partial charge < -0.3 is 15.3 Å². The number of benzene rings is 1. The molecule has 1 fully saturated rings. The van der Waals surface area contributed by atoms with Crippen molar-refractivity contribution in [2.24, 2.45) is 11.8 Å². The summed E-state index contributed by atoms with van der Waals surface area (Å²) in [6.45, 7) is 2.21. The first kappa shape index (κ1) is 14.8. The molecule has 1 aromatic carbocycles. The molecule has 0 spiro atoms. The second-order valence-corrected chi connectivity index (χ2v) is 5.06. The molecular formula is C14H14FN3O3. The number of nitriles is 1. The fourth-order valence-corrected chi connectivity index (χ4v) is 2.37. The van der Waals surface area contributed by atoms with E-state index in [1.54, 1.807) is 13.0 Å². The zero-order valence-electron chi connectivity index (χ0n) is 11.3. The molecule has 110 valence electrons. The van der Waals surface area contributed by atoms with E-state index in [1.165, 1.54) is 11.0 Å². The Morgan fingerprint density at radius 2 is 2.19 bits per heavy atom. The number of carbonyl (C=O) groups excluding carboxylic acids is 1. The molecule has 1 aromatic rings. The van der Waals surface area contributed by atoms with Crippen LogP contribution in [0.15, 0.2) is 18.2 Å². The lowest BCUT2D eigenvalue weighted by molar-refractivity contribution is -0.142. The van der Waals surface area contributed by atoms with Gasteiger partial charge in [-0.25, -0.2) is 9.18 Å². The van der Waals surface area contributed by atoms with Gasteiger partial charge in [-0.3, -0.25) is 4.79 Å². The molecule has 2 atom stereocenters. The number of nitrogens with one attached hydrogen (secondary N) is 1. The first-order chi connectivity index (χ1) is 9.92. The van der Waals surface area contributed by atoms with Crippen LogP contribution in [0.4, 0.5) is 14.9 Å². The van der Waals surface area contributed by atoms with E-state index in [-0.39, 0.29) is 23.7 Å². The number of aliphatic carboxylic acids is 1. The highest BCUT2D eigenvalue weighted by Gasteiger charge is 2.37. The van der Waals surface area contributed by atoms with Crippen LogP contribution in [0.25, 0.3) is 0 Å². The van der Waals surface area contributed by atoms with Crippen LogP contribution in [0, 0.1) is 29.0 Å². The lowest BCUT2D eigenvalue weighted by Gasteiger charge is -2.17. The van der Waals surface area contributed by atoms with Crippen molar-refractivity contribution >= 4 is 17.7 Å². The first-order valence-corrected chi connectivity index (χ1v) is 6.40. The zero-order chi connectivity index (χ0) is 15.6. The highest BCUT2D eigenvalue weighted by Crippen LogP contribution is 2.24. The van der Waals surface area contributed by atoms with E-state index in [4.69, 9.17) is 10.4 Å². The third kappa shape index (κ3) is 3.11. The predicted molar refractivity (Wildman–Crippen MR) is 72.0 cm³/mol. The summed E-state index contributed by atoms with van der Waals surface area (Å²) < 4.78 is 13.0. The van der Waals surface area contributed by atoms with Crippen LogP contribution in [0.5, 0.6) is 0 Å². The number of carboxylic acid groups (broad SMARTS) is 1. The molecule has 7 heteroatoms. The van der Waals surface area contributed by atoms with E-state index < -0.39 is 23.7 Å². The van der Waals surface area contributed by atoms with Gasteiger partial charge in [-0.15, -0.1) is 0 Å². The van der Waals surface area contributed by atoms with Gasteiger partial charge in [0.2, 0.25) is 0 Å². The standard InChI is InChI=1S/C14H14FN3O3/c1-8-6-18(7-11(8)13(19)20)14(21)17-12-3-2-10(15)4-9(12)5-16/h2-4,8,11H,6-7H2,1H3,(H,17,21)(H,19,20). The fraction of sp³-hybridized carbons (Fsp3) is 0.357. The van der Waals surface area contributed by atoms with Crippen LogP contribution in [0.1, 0.15) is 12.5 Å². The number of hydrogen-bond donors (Lipinski definition) is 2. The smallest absolute Gasteiger partial charge is 0.321 e. The van der Waals surface area contributed by atoms with Gasteiger partial charge in [-0.1, -0.05) is 6.92 Å². The minimum absolute atomic E-state index is 0.0189. The molecule has 1 aliphatic rings. The number of nitrogens with zero attached hydrogens (tertiary/aromatic N) is 2. The van der Waals surface area contributed by atoms with Gasteiger partial charge >= 0.3 is 12.0 Å². The number of hydrogen-bond acceptors (Lipinski definition) is 3. The van der Waals surface area contributed by atoms with Crippen molar-refractivity contribution < 1.29 is 19.1 Å². The van der Waals surface area contributed by atoms with Crippen LogP contribution in [-0.4, -0.2) is 35.1 Å². The van der Waals surface area contributed by atoms with Crippen molar-refractivity contribution in [3.05, 3.63) is 29.6 Å². The van der Waals surface area contributed by atoms with Crippen LogP contribution in [0.2, 0.25) is 0 Å². The van der Waals surface area contributed by atoms with E-state index in [9.17, 15) is 14.0 Å². The Bertz CT molecular complexity index is 626.